The van der Waals surface area contributed by atoms with E-state index in [1.807, 2.05) is 0 Å². The molecule has 2 amide bonds. The average Bonchev–Trinajstić information content (AvgIpc) is 2.35. The molecule has 0 fully saturated rings. The second-order valence-electron chi connectivity index (χ2n) is 3.98. The zero-order valence-electron chi connectivity index (χ0n) is 10.4. The SMILES string of the molecule is CN(CCC(F)(F)F)C(=O)Nc1cncc(C(=O)O)c1. The zero-order chi connectivity index (χ0) is 15.3. The van der Waals surface area contributed by atoms with Gasteiger partial charge in [-0.1, -0.05) is 0 Å². The molecule has 0 radical (unpaired) electrons. The van der Waals surface area contributed by atoms with Gasteiger partial charge in [-0.05, 0) is 6.07 Å². The summed E-state index contributed by atoms with van der Waals surface area (Å²) in [5, 5.41) is 11.0. The molecule has 0 saturated carbocycles. The van der Waals surface area contributed by atoms with Gasteiger partial charge in [0.25, 0.3) is 0 Å². The first-order valence-corrected chi connectivity index (χ1v) is 5.46. The van der Waals surface area contributed by atoms with Gasteiger partial charge in [-0.15, -0.1) is 0 Å². The molecule has 0 aliphatic heterocycles. The summed E-state index contributed by atoms with van der Waals surface area (Å²) in [4.78, 5) is 26.7. The van der Waals surface area contributed by atoms with Crippen molar-refractivity contribution in [2.24, 2.45) is 0 Å². The normalized spacial score (nSPS) is 11.0. The topological polar surface area (TPSA) is 82.5 Å². The lowest BCUT2D eigenvalue weighted by atomic mass is 10.2. The van der Waals surface area contributed by atoms with Gasteiger partial charge < -0.3 is 15.3 Å². The van der Waals surface area contributed by atoms with Crippen LogP contribution in [0.4, 0.5) is 23.7 Å². The third-order valence-electron chi connectivity index (χ3n) is 2.31. The number of carboxylic acids is 1. The summed E-state index contributed by atoms with van der Waals surface area (Å²) in [6.07, 6.45) is -3.18. The number of aromatic carboxylic acids is 1. The van der Waals surface area contributed by atoms with E-state index in [-0.39, 0.29) is 11.3 Å². The molecule has 110 valence electrons. The van der Waals surface area contributed by atoms with Crippen LogP contribution in [0.25, 0.3) is 0 Å². The number of hydrogen-bond acceptors (Lipinski definition) is 3. The van der Waals surface area contributed by atoms with Gasteiger partial charge in [0, 0.05) is 19.8 Å². The predicted octanol–water partition coefficient (Wildman–Crippen LogP) is 2.20. The third-order valence-corrected chi connectivity index (χ3v) is 2.31. The molecule has 9 heteroatoms. The molecule has 0 aliphatic rings. The fraction of sp³-hybridized carbons (Fsp3) is 0.364. The van der Waals surface area contributed by atoms with Crippen molar-refractivity contribution >= 4 is 17.7 Å². The van der Waals surface area contributed by atoms with Gasteiger partial charge in [-0.2, -0.15) is 13.2 Å². The lowest BCUT2D eigenvalue weighted by molar-refractivity contribution is -0.135. The first kappa shape index (κ1) is 15.7. The number of pyridine rings is 1. The van der Waals surface area contributed by atoms with Crippen molar-refractivity contribution < 1.29 is 27.9 Å². The van der Waals surface area contributed by atoms with Crippen molar-refractivity contribution in [3.8, 4) is 0 Å². The smallest absolute Gasteiger partial charge is 0.390 e. The number of aromatic nitrogens is 1. The molecule has 20 heavy (non-hydrogen) atoms. The average molecular weight is 291 g/mol. The lowest BCUT2D eigenvalue weighted by Crippen LogP contribution is -2.34. The highest BCUT2D eigenvalue weighted by Gasteiger charge is 2.28. The van der Waals surface area contributed by atoms with Crippen molar-refractivity contribution in [1.29, 1.82) is 0 Å². The Labute approximate surface area is 112 Å². The Morgan fingerprint density at radius 3 is 2.60 bits per heavy atom. The number of nitrogens with zero attached hydrogens (tertiary/aromatic N) is 2. The maximum atomic E-state index is 12.0. The van der Waals surface area contributed by atoms with Crippen LogP contribution in [0.2, 0.25) is 0 Å². The van der Waals surface area contributed by atoms with Crippen LogP contribution in [0.1, 0.15) is 16.8 Å². The van der Waals surface area contributed by atoms with Crippen LogP contribution in [0.3, 0.4) is 0 Å². The number of alkyl halides is 3. The Hall–Kier alpha value is -2.32. The molecule has 1 aromatic heterocycles. The maximum Gasteiger partial charge on any atom is 0.390 e. The van der Waals surface area contributed by atoms with Crippen LogP contribution >= 0.6 is 0 Å². The number of nitrogens with one attached hydrogen (secondary N) is 1. The maximum absolute atomic E-state index is 12.0. The van der Waals surface area contributed by atoms with Gasteiger partial charge in [0.05, 0.1) is 23.9 Å². The Balaban J connectivity index is 2.61. The molecule has 0 aromatic carbocycles. The number of carbonyl (C=O) groups excluding carboxylic acids is 1. The van der Waals surface area contributed by atoms with Crippen LogP contribution < -0.4 is 5.32 Å². The van der Waals surface area contributed by atoms with Gasteiger partial charge in [-0.25, -0.2) is 9.59 Å². The number of halogens is 3. The van der Waals surface area contributed by atoms with Gasteiger partial charge in [0.15, 0.2) is 0 Å². The van der Waals surface area contributed by atoms with Crippen molar-refractivity contribution in [2.45, 2.75) is 12.6 Å². The fourth-order valence-corrected chi connectivity index (χ4v) is 1.24. The number of carbonyl (C=O) groups is 2. The second-order valence-corrected chi connectivity index (χ2v) is 3.98. The minimum atomic E-state index is -4.35. The first-order valence-electron chi connectivity index (χ1n) is 5.46. The van der Waals surface area contributed by atoms with Crippen molar-refractivity contribution in [2.75, 3.05) is 18.9 Å². The summed E-state index contributed by atoms with van der Waals surface area (Å²) in [5.74, 6) is -1.22. The minimum Gasteiger partial charge on any atom is -0.478 e. The zero-order valence-corrected chi connectivity index (χ0v) is 10.4. The van der Waals surface area contributed by atoms with E-state index in [2.05, 4.69) is 10.3 Å². The highest BCUT2D eigenvalue weighted by molar-refractivity contribution is 5.92. The molecule has 2 N–H and O–H groups in total. The molecule has 1 heterocycles. The van der Waals surface area contributed by atoms with Crippen LogP contribution in [0.15, 0.2) is 18.5 Å². The van der Waals surface area contributed by atoms with Gasteiger partial charge in [-0.3, -0.25) is 4.98 Å². The molecule has 0 aliphatic carbocycles. The number of carboxylic acid groups (broad SMARTS) is 1. The van der Waals surface area contributed by atoms with E-state index in [9.17, 15) is 22.8 Å². The quantitative estimate of drug-likeness (QED) is 0.891. The molecule has 0 atom stereocenters. The van der Waals surface area contributed by atoms with E-state index in [4.69, 9.17) is 5.11 Å². The molecule has 0 bridgehead atoms. The van der Waals surface area contributed by atoms with E-state index in [0.29, 0.717) is 0 Å². The van der Waals surface area contributed by atoms with E-state index in [1.165, 1.54) is 13.2 Å². The minimum absolute atomic E-state index is 0.0914. The Bertz CT molecular complexity index is 505. The second kappa shape index (κ2) is 6.22. The van der Waals surface area contributed by atoms with E-state index in [0.717, 1.165) is 17.2 Å². The monoisotopic (exact) mass is 291 g/mol. The number of amides is 2. The number of anilines is 1. The van der Waals surface area contributed by atoms with Crippen molar-refractivity contribution in [1.82, 2.24) is 9.88 Å². The highest BCUT2D eigenvalue weighted by Crippen LogP contribution is 2.19. The van der Waals surface area contributed by atoms with Crippen molar-refractivity contribution in [3.05, 3.63) is 24.0 Å². The predicted molar refractivity (Wildman–Crippen MR) is 63.5 cm³/mol. The lowest BCUT2D eigenvalue weighted by Gasteiger charge is -2.18. The summed E-state index contributed by atoms with van der Waals surface area (Å²) >= 11 is 0. The molecule has 0 saturated heterocycles. The standard InChI is InChI=1S/C11H12F3N3O3/c1-17(3-2-11(12,13)14)10(20)16-8-4-7(9(18)19)5-15-6-8/h4-6H,2-3H2,1H3,(H,16,20)(H,18,19). The van der Waals surface area contributed by atoms with Crippen LogP contribution in [-0.2, 0) is 0 Å². The van der Waals surface area contributed by atoms with Gasteiger partial charge in [0.1, 0.15) is 0 Å². The number of hydrogen-bond donors (Lipinski definition) is 2. The summed E-state index contributed by atoms with van der Waals surface area (Å²) in [5.41, 5.74) is -0.0468. The Morgan fingerprint density at radius 1 is 1.40 bits per heavy atom. The van der Waals surface area contributed by atoms with E-state index < -0.39 is 31.1 Å². The van der Waals surface area contributed by atoms with Gasteiger partial charge in [0.2, 0.25) is 0 Å². The molecule has 6 nitrogen and oxygen atoms in total. The Kier molecular flexibility index (Phi) is 4.89. The molecular weight excluding hydrogens is 279 g/mol. The molecule has 0 unspecified atom stereocenters. The molecule has 0 spiro atoms. The number of urea groups is 1. The van der Waals surface area contributed by atoms with Crippen LogP contribution in [0.5, 0.6) is 0 Å². The van der Waals surface area contributed by atoms with Crippen LogP contribution in [-0.4, -0.2) is 46.8 Å². The van der Waals surface area contributed by atoms with Gasteiger partial charge >= 0.3 is 18.2 Å². The summed E-state index contributed by atoms with van der Waals surface area (Å²) < 4.78 is 36.0. The summed E-state index contributed by atoms with van der Waals surface area (Å²) in [6.45, 7) is -0.499. The summed E-state index contributed by atoms with van der Waals surface area (Å²) in [6, 6.07) is 0.378. The van der Waals surface area contributed by atoms with Crippen molar-refractivity contribution in [3.63, 3.8) is 0 Å². The van der Waals surface area contributed by atoms with E-state index >= 15 is 0 Å². The third kappa shape index (κ3) is 5.12. The van der Waals surface area contributed by atoms with E-state index in [1.54, 1.807) is 0 Å². The summed E-state index contributed by atoms with van der Waals surface area (Å²) in [7, 11) is 1.20. The number of rotatable bonds is 4. The fourth-order valence-electron chi connectivity index (χ4n) is 1.24. The van der Waals surface area contributed by atoms with Crippen LogP contribution in [0, 0.1) is 0 Å². The molecule has 1 aromatic rings. The molecule has 1 rings (SSSR count). The first-order chi connectivity index (χ1) is 9.19. The Morgan fingerprint density at radius 2 is 2.05 bits per heavy atom. The largest absolute Gasteiger partial charge is 0.478 e. The molecular formula is C11H12F3N3O3. The highest BCUT2D eigenvalue weighted by atomic mass is 19.4.